The highest BCUT2D eigenvalue weighted by molar-refractivity contribution is 7.49. The maximum atomic E-state index is 14.7. The number of phosphoric ester groups is 1. The fourth-order valence-corrected chi connectivity index (χ4v) is 4.54. The molecule has 0 radical (unpaired) electrons. The Morgan fingerprint density at radius 1 is 1.30 bits per heavy atom. The van der Waals surface area contributed by atoms with Gasteiger partial charge in [0.1, 0.15) is 5.75 Å². The zero-order chi connectivity index (χ0) is 24.2. The van der Waals surface area contributed by atoms with Gasteiger partial charge in [0.05, 0.1) is 19.4 Å². The number of para-hydroxylation sites is 1. The number of benzene rings is 1. The Morgan fingerprint density at radius 2 is 2.00 bits per heavy atom. The van der Waals surface area contributed by atoms with E-state index in [-0.39, 0.29) is 23.1 Å². The number of H-pyrrole nitrogens is 1. The lowest BCUT2D eigenvalue weighted by Gasteiger charge is -2.32. The number of alkyl halides is 4. The van der Waals surface area contributed by atoms with Crippen molar-refractivity contribution in [3.63, 3.8) is 0 Å². The van der Waals surface area contributed by atoms with Crippen LogP contribution < -0.4 is 15.8 Å². The molecule has 0 spiro atoms. The summed E-state index contributed by atoms with van der Waals surface area (Å²) < 4.78 is 103. The smallest absolute Gasteiger partial charge is 0.404 e. The average Bonchev–Trinajstić information content (AvgIpc) is 2.96. The van der Waals surface area contributed by atoms with Crippen molar-refractivity contribution in [2.75, 3.05) is 6.61 Å². The van der Waals surface area contributed by atoms with E-state index in [0.29, 0.717) is 5.56 Å². The highest BCUT2D eigenvalue weighted by Crippen LogP contribution is 2.57. The van der Waals surface area contributed by atoms with E-state index in [9.17, 15) is 41.2 Å². The normalized spacial score (nSPS) is 30.8. The van der Waals surface area contributed by atoms with Crippen molar-refractivity contribution in [3.05, 3.63) is 62.7 Å². The van der Waals surface area contributed by atoms with Crippen LogP contribution in [-0.2, 0) is 25.0 Å². The van der Waals surface area contributed by atoms with Crippen molar-refractivity contribution in [1.29, 1.82) is 0 Å². The Hall–Kier alpha value is -2.58. The molecule has 1 aromatic heterocycles. The number of fused-ring (bicyclic) bond motifs is 1. The number of nitrogens with zero attached hydrogens (tertiary/aromatic N) is 1. The first-order valence-electron chi connectivity index (χ1n) is 9.09. The molecular formula is C17H14F5N2O8P. The van der Waals surface area contributed by atoms with Crippen molar-refractivity contribution in [2.24, 2.45) is 0 Å². The first kappa shape index (κ1) is 23.6. The van der Waals surface area contributed by atoms with Gasteiger partial charge in [-0.2, -0.15) is 13.2 Å². The molecule has 2 aliphatic heterocycles. The molecule has 4 rings (SSSR count). The molecule has 0 bridgehead atoms. The molecule has 3 heterocycles. The van der Waals surface area contributed by atoms with Crippen LogP contribution in [0.25, 0.3) is 0 Å². The first-order valence-corrected chi connectivity index (χ1v) is 10.5. The molecule has 0 aliphatic carbocycles. The lowest BCUT2D eigenvalue weighted by atomic mass is 9.96. The van der Waals surface area contributed by atoms with Gasteiger partial charge >= 0.3 is 19.4 Å². The van der Waals surface area contributed by atoms with Gasteiger partial charge in [-0.15, -0.1) is 0 Å². The summed E-state index contributed by atoms with van der Waals surface area (Å²) >= 11 is 0. The molecule has 1 fully saturated rings. The second-order valence-corrected chi connectivity index (χ2v) is 8.73. The topological polar surface area (TPSA) is 129 Å². The molecule has 0 saturated carbocycles. The Morgan fingerprint density at radius 3 is 2.70 bits per heavy atom. The van der Waals surface area contributed by atoms with E-state index in [0.717, 1.165) is 0 Å². The largest absolute Gasteiger partial charge is 0.530 e. The van der Waals surface area contributed by atoms with Crippen LogP contribution >= 0.6 is 7.82 Å². The SMILES string of the molecule is O=c1[nH]c(=O)n([C@@H]2O[C@@](COP3(=O)OCc4ccccc4O3)(C(F)F)[C@@H](O)C2(F)F)cc1F. The summed E-state index contributed by atoms with van der Waals surface area (Å²) in [6.45, 7) is -1.94. The van der Waals surface area contributed by atoms with Crippen LogP contribution in [0.1, 0.15) is 11.8 Å². The zero-order valence-corrected chi connectivity index (χ0v) is 17.0. The molecule has 4 atom stereocenters. The summed E-state index contributed by atoms with van der Waals surface area (Å²) in [5.74, 6) is -6.27. The van der Waals surface area contributed by atoms with Crippen molar-refractivity contribution in [2.45, 2.75) is 36.9 Å². The van der Waals surface area contributed by atoms with Gasteiger partial charge in [-0.05, 0) is 6.07 Å². The third-order valence-electron chi connectivity index (χ3n) is 5.04. The summed E-state index contributed by atoms with van der Waals surface area (Å²) in [7, 11) is -4.61. The van der Waals surface area contributed by atoms with Crippen LogP contribution in [0.2, 0.25) is 0 Å². The van der Waals surface area contributed by atoms with Gasteiger partial charge in [0.2, 0.25) is 12.0 Å². The minimum atomic E-state index is -4.61. The summed E-state index contributed by atoms with van der Waals surface area (Å²) in [4.78, 5) is 24.4. The summed E-state index contributed by atoms with van der Waals surface area (Å²) in [6.07, 6.45) is -10.2. The molecule has 0 amide bonds. The number of halogens is 5. The fraction of sp³-hybridized carbons (Fsp3) is 0.412. The van der Waals surface area contributed by atoms with Crippen LogP contribution in [0.4, 0.5) is 22.0 Å². The fourth-order valence-electron chi connectivity index (χ4n) is 3.29. The van der Waals surface area contributed by atoms with Gasteiger partial charge in [0.25, 0.3) is 12.0 Å². The number of nitrogens with one attached hydrogen (secondary N) is 1. The van der Waals surface area contributed by atoms with Gasteiger partial charge in [-0.1, -0.05) is 18.2 Å². The highest BCUT2D eigenvalue weighted by atomic mass is 31.2. The molecule has 1 saturated heterocycles. The molecule has 1 unspecified atom stereocenters. The second-order valence-electron chi connectivity index (χ2n) is 7.14. The summed E-state index contributed by atoms with van der Waals surface area (Å²) in [5.41, 5.74) is -6.26. The quantitative estimate of drug-likeness (QED) is 0.471. The van der Waals surface area contributed by atoms with Crippen LogP contribution in [0.3, 0.4) is 0 Å². The third kappa shape index (κ3) is 3.89. The summed E-state index contributed by atoms with van der Waals surface area (Å²) in [6, 6.07) is 6.04. The van der Waals surface area contributed by atoms with Crippen molar-refractivity contribution >= 4 is 7.82 Å². The maximum Gasteiger partial charge on any atom is 0.530 e. The Balaban J connectivity index is 1.65. The number of rotatable bonds is 5. The van der Waals surface area contributed by atoms with E-state index in [2.05, 4.69) is 4.74 Å². The van der Waals surface area contributed by atoms with E-state index in [4.69, 9.17) is 13.6 Å². The predicted molar refractivity (Wildman–Crippen MR) is 96.5 cm³/mol. The molecule has 2 aliphatic rings. The van der Waals surface area contributed by atoms with Crippen molar-refractivity contribution in [1.82, 2.24) is 9.55 Å². The molecule has 33 heavy (non-hydrogen) atoms. The van der Waals surface area contributed by atoms with E-state index in [1.807, 2.05) is 0 Å². The molecule has 10 nitrogen and oxygen atoms in total. The number of hydrogen-bond acceptors (Lipinski definition) is 8. The standard InChI is InChI=1S/C17H14F5N2O8P/c18-9-5-24(15(27)23-11(9)25)14-17(21,22)12(26)16(31-14,13(19)20)7-30-33(28)29-6-8-3-1-2-4-10(8)32-33/h1-5,12-14,26H,6-7H2,(H,23,25,27)/t12-,14-,16-,33?/m1/s1. The maximum absolute atomic E-state index is 14.7. The average molecular weight is 500 g/mol. The van der Waals surface area contributed by atoms with E-state index >= 15 is 0 Å². The van der Waals surface area contributed by atoms with E-state index in [1.165, 1.54) is 17.1 Å². The van der Waals surface area contributed by atoms with Gasteiger partial charge in [0.15, 0.2) is 11.7 Å². The molecule has 1 aromatic carbocycles. The van der Waals surface area contributed by atoms with Gasteiger partial charge in [0, 0.05) is 5.56 Å². The number of aromatic amines is 1. The lowest BCUT2D eigenvalue weighted by Crippen LogP contribution is -2.54. The first-order chi connectivity index (χ1) is 15.4. The van der Waals surface area contributed by atoms with Gasteiger partial charge in [-0.25, -0.2) is 18.1 Å². The number of aliphatic hydroxyl groups is 1. The number of phosphoric acid groups is 1. The van der Waals surface area contributed by atoms with Crippen molar-refractivity contribution < 1.29 is 49.9 Å². The number of hydrogen-bond donors (Lipinski definition) is 2. The molecule has 180 valence electrons. The summed E-state index contributed by atoms with van der Waals surface area (Å²) in [5, 5.41) is 10.1. The van der Waals surface area contributed by atoms with Crippen LogP contribution in [0.5, 0.6) is 5.75 Å². The minimum Gasteiger partial charge on any atom is -0.404 e. The van der Waals surface area contributed by atoms with Gasteiger partial charge < -0.3 is 14.4 Å². The highest BCUT2D eigenvalue weighted by Gasteiger charge is 2.71. The molecular weight excluding hydrogens is 486 g/mol. The lowest BCUT2D eigenvalue weighted by molar-refractivity contribution is -0.194. The van der Waals surface area contributed by atoms with Crippen LogP contribution in [-0.4, -0.2) is 45.3 Å². The monoisotopic (exact) mass is 500 g/mol. The Labute approximate surface area is 180 Å². The Bertz CT molecular complexity index is 1240. The number of aliphatic hydroxyl groups excluding tert-OH is 1. The zero-order valence-electron chi connectivity index (χ0n) is 16.1. The number of aromatic nitrogens is 2. The van der Waals surface area contributed by atoms with Crippen LogP contribution in [0, 0.1) is 5.82 Å². The second kappa shape index (κ2) is 8.02. The Kier molecular flexibility index (Phi) is 5.73. The van der Waals surface area contributed by atoms with E-state index < -0.39 is 61.8 Å². The molecule has 2 aromatic rings. The molecule has 16 heteroatoms. The van der Waals surface area contributed by atoms with Crippen molar-refractivity contribution in [3.8, 4) is 5.75 Å². The minimum absolute atomic E-state index is 0.0151. The van der Waals surface area contributed by atoms with Crippen LogP contribution in [0.15, 0.2) is 40.1 Å². The molecule has 2 N–H and O–H groups in total. The predicted octanol–water partition coefficient (Wildman–Crippen LogP) is 1.94. The number of ether oxygens (including phenoxy) is 1. The third-order valence-corrected chi connectivity index (χ3v) is 6.35. The van der Waals surface area contributed by atoms with E-state index in [1.54, 1.807) is 12.1 Å². The van der Waals surface area contributed by atoms with Gasteiger partial charge in [-0.3, -0.25) is 23.4 Å².